The Hall–Kier alpha value is -2.20. The fraction of sp³-hybridized carbons (Fsp3) is 0.200. The van der Waals surface area contributed by atoms with Crippen LogP contribution in [0.5, 0.6) is 0 Å². The number of hydrogen-bond acceptors (Lipinski definition) is 4. The summed E-state index contributed by atoms with van der Waals surface area (Å²) in [5.74, 6) is 0. The standard InChI is InChI=1S/C15H15N3O/c1-2-4-14(5-3-1)15-17-12-19-18(15)11-8-13-6-9-16-10-7-13/h1-7,9-10,12,15H,8,11H2. The highest BCUT2D eigenvalue weighted by molar-refractivity contribution is 5.49. The topological polar surface area (TPSA) is 37.7 Å². The van der Waals surface area contributed by atoms with Crippen LogP contribution in [0, 0.1) is 0 Å². The largest absolute Gasteiger partial charge is 0.392 e. The van der Waals surface area contributed by atoms with E-state index in [-0.39, 0.29) is 6.17 Å². The maximum absolute atomic E-state index is 5.47. The molecule has 3 rings (SSSR count). The van der Waals surface area contributed by atoms with Gasteiger partial charge in [0.25, 0.3) is 0 Å². The van der Waals surface area contributed by atoms with Crippen LogP contribution in [0.4, 0.5) is 0 Å². The Labute approximate surface area is 112 Å². The van der Waals surface area contributed by atoms with Crippen LogP contribution in [0.3, 0.4) is 0 Å². The SMILES string of the molecule is C1=NC(c2ccccc2)N(CCc2ccncc2)O1. The number of hydrogen-bond donors (Lipinski definition) is 0. The Morgan fingerprint density at radius 3 is 2.63 bits per heavy atom. The zero-order valence-corrected chi connectivity index (χ0v) is 10.5. The Kier molecular flexibility index (Phi) is 3.51. The third-order valence-corrected chi connectivity index (χ3v) is 3.13. The van der Waals surface area contributed by atoms with Crippen molar-refractivity contribution in [1.29, 1.82) is 0 Å². The van der Waals surface area contributed by atoms with Gasteiger partial charge in [-0.15, -0.1) is 5.06 Å². The van der Waals surface area contributed by atoms with E-state index in [9.17, 15) is 0 Å². The van der Waals surface area contributed by atoms with Crippen LogP contribution < -0.4 is 0 Å². The average molecular weight is 253 g/mol. The van der Waals surface area contributed by atoms with E-state index in [1.807, 2.05) is 47.8 Å². The van der Waals surface area contributed by atoms with Gasteiger partial charge in [0.05, 0.1) is 0 Å². The second-order valence-corrected chi connectivity index (χ2v) is 4.39. The van der Waals surface area contributed by atoms with Crippen LogP contribution in [0.1, 0.15) is 17.3 Å². The summed E-state index contributed by atoms with van der Waals surface area (Å²) in [6.07, 6.45) is 6.01. The van der Waals surface area contributed by atoms with Crippen molar-refractivity contribution < 1.29 is 4.84 Å². The van der Waals surface area contributed by atoms with Crippen molar-refractivity contribution in [2.45, 2.75) is 12.6 Å². The fourth-order valence-electron chi connectivity index (χ4n) is 2.12. The minimum Gasteiger partial charge on any atom is -0.392 e. The highest BCUT2D eigenvalue weighted by Gasteiger charge is 2.24. The number of hydroxylamine groups is 2. The van der Waals surface area contributed by atoms with Crippen molar-refractivity contribution in [2.24, 2.45) is 4.99 Å². The van der Waals surface area contributed by atoms with E-state index in [0.717, 1.165) is 18.5 Å². The Balaban J connectivity index is 1.65. The van der Waals surface area contributed by atoms with Crippen LogP contribution in [0.15, 0.2) is 59.9 Å². The molecule has 0 saturated carbocycles. The molecule has 2 aromatic rings. The van der Waals surface area contributed by atoms with E-state index in [2.05, 4.69) is 22.1 Å². The monoisotopic (exact) mass is 253 g/mol. The highest BCUT2D eigenvalue weighted by Crippen LogP contribution is 2.25. The molecule has 1 aliphatic heterocycles. The van der Waals surface area contributed by atoms with Gasteiger partial charge in [0.1, 0.15) is 0 Å². The summed E-state index contributed by atoms with van der Waals surface area (Å²) in [5.41, 5.74) is 2.39. The first-order chi connectivity index (χ1) is 9.43. The first-order valence-corrected chi connectivity index (χ1v) is 6.32. The number of aromatic nitrogens is 1. The van der Waals surface area contributed by atoms with Crippen LogP contribution in [-0.4, -0.2) is 23.0 Å². The minimum absolute atomic E-state index is 0.0389. The lowest BCUT2D eigenvalue weighted by molar-refractivity contribution is -0.0787. The van der Waals surface area contributed by atoms with Gasteiger partial charge < -0.3 is 4.84 Å². The number of benzene rings is 1. The lowest BCUT2D eigenvalue weighted by atomic mass is 10.1. The second-order valence-electron chi connectivity index (χ2n) is 4.39. The molecule has 2 heterocycles. The smallest absolute Gasteiger partial charge is 0.198 e. The molecule has 4 heteroatoms. The molecular weight excluding hydrogens is 238 g/mol. The second kappa shape index (κ2) is 5.63. The summed E-state index contributed by atoms with van der Waals surface area (Å²) < 4.78 is 0. The molecule has 0 fully saturated rings. The van der Waals surface area contributed by atoms with Crippen molar-refractivity contribution in [3.05, 3.63) is 66.0 Å². The van der Waals surface area contributed by atoms with Crippen LogP contribution in [0.25, 0.3) is 0 Å². The molecule has 0 saturated heterocycles. The van der Waals surface area contributed by atoms with E-state index in [1.54, 1.807) is 0 Å². The Bertz CT molecular complexity index is 542. The number of nitrogens with zero attached hydrogens (tertiary/aromatic N) is 3. The van der Waals surface area contributed by atoms with Gasteiger partial charge in [-0.05, 0) is 29.7 Å². The summed E-state index contributed by atoms with van der Waals surface area (Å²) in [7, 11) is 0. The van der Waals surface area contributed by atoms with Crippen LogP contribution in [0.2, 0.25) is 0 Å². The normalized spacial score (nSPS) is 18.4. The third-order valence-electron chi connectivity index (χ3n) is 3.13. The predicted octanol–water partition coefficient (Wildman–Crippen LogP) is 2.60. The van der Waals surface area contributed by atoms with Gasteiger partial charge in [-0.1, -0.05) is 30.3 Å². The van der Waals surface area contributed by atoms with E-state index in [4.69, 9.17) is 4.84 Å². The molecule has 1 atom stereocenters. The van der Waals surface area contributed by atoms with Crippen molar-refractivity contribution >= 4 is 6.40 Å². The van der Waals surface area contributed by atoms with E-state index in [0.29, 0.717) is 0 Å². The molecule has 96 valence electrons. The van der Waals surface area contributed by atoms with E-state index < -0.39 is 0 Å². The molecule has 0 spiro atoms. The Morgan fingerprint density at radius 2 is 1.84 bits per heavy atom. The van der Waals surface area contributed by atoms with Crippen LogP contribution >= 0.6 is 0 Å². The van der Waals surface area contributed by atoms with Crippen molar-refractivity contribution in [3.8, 4) is 0 Å². The lowest BCUT2D eigenvalue weighted by Gasteiger charge is -2.20. The summed E-state index contributed by atoms with van der Waals surface area (Å²) >= 11 is 0. The molecular formula is C15H15N3O. The number of rotatable bonds is 4. The zero-order chi connectivity index (χ0) is 12.9. The molecule has 0 amide bonds. The third kappa shape index (κ3) is 2.80. The molecule has 0 bridgehead atoms. The molecule has 1 aliphatic rings. The van der Waals surface area contributed by atoms with Gasteiger partial charge in [-0.25, -0.2) is 4.99 Å². The molecule has 0 N–H and O–H groups in total. The van der Waals surface area contributed by atoms with Crippen LogP contribution in [-0.2, 0) is 11.3 Å². The molecule has 19 heavy (non-hydrogen) atoms. The van der Waals surface area contributed by atoms with E-state index in [1.165, 1.54) is 12.0 Å². The minimum atomic E-state index is -0.0389. The predicted molar refractivity (Wildman–Crippen MR) is 73.4 cm³/mol. The van der Waals surface area contributed by atoms with Crippen molar-refractivity contribution in [3.63, 3.8) is 0 Å². The van der Waals surface area contributed by atoms with Gasteiger partial charge in [0, 0.05) is 18.9 Å². The quantitative estimate of drug-likeness (QED) is 0.840. The number of pyridine rings is 1. The maximum atomic E-state index is 5.47. The summed E-state index contributed by atoms with van der Waals surface area (Å²) in [6.45, 7) is 0.795. The number of aliphatic imine (C=N–C) groups is 1. The summed E-state index contributed by atoms with van der Waals surface area (Å²) in [5, 5.41) is 1.90. The van der Waals surface area contributed by atoms with Gasteiger partial charge in [-0.3, -0.25) is 4.98 Å². The first kappa shape index (κ1) is 11.9. The summed E-state index contributed by atoms with van der Waals surface area (Å²) in [4.78, 5) is 13.9. The summed E-state index contributed by atoms with van der Waals surface area (Å²) in [6, 6.07) is 14.2. The van der Waals surface area contributed by atoms with Gasteiger partial charge in [0.15, 0.2) is 12.6 Å². The Morgan fingerprint density at radius 1 is 1.05 bits per heavy atom. The highest BCUT2D eigenvalue weighted by atomic mass is 16.7. The average Bonchev–Trinajstić information content (AvgIpc) is 2.95. The fourth-order valence-corrected chi connectivity index (χ4v) is 2.12. The first-order valence-electron chi connectivity index (χ1n) is 6.32. The molecule has 4 nitrogen and oxygen atoms in total. The molecule has 1 unspecified atom stereocenters. The van der Waals surface area contributed by atoms with Crippen molar-refractivity contribution in [1.82, 2.24) is 10.0 Å². The molecule has 1 aromatic carbocycles. The zero-order valence-electron chi connectivity index (χ0n) is 10.5. The molecule has 0 aliphatic carbocycles. The van der Waals surface area contributed by atoms with Gasteiger partial charge in [-0.2, -0.15) is 0 Å². The van der Waals surface area contributed by atoms with Crippen molar-refractivity contribution in [2.75, 3.05) is 6.54 Å². The maximum Gasteiger partial charge on any atom is 0.198 e. The van der Waals surface area contributed by atoms with E-state index >= 15 is 0 Å². The lowest BCUT2D eigenvalue weighted by Crippen LogP contribution is -2.25. The van der Waals surface area contributed by atoms with Gasteiger partial charge >= 0.3 is 0 Å². The molecule has 0 radical (unpaired) electrons. The van der Waals surface area contributed by atoms with Gasteiger partial charge in [0.2, 0.25) is 0 Å². The molecule has 1 aromatic heterocycles.